The van der Waals surface area contributed by atoms with Gasteiger partial charge in [-0.25, -0.2) is 21.6 Å². The number of benzene rings is 2. The van der Waals surface area contributed by atoms with Crippen LogP contribution in [0.4, 0.5) is 28.9 Å². The molecule has 0 unspecified atom stereocenters. The van der Waals surface area contributed by atoms with Crippen LogP contribution in [0.15, 0.2) is 30.3 Å². The maximum atomic E-state index is 15.8. The third-order valence-electron chi connectivity index (χ3n) is 7.35. The van der Waals surface area contributed by atoms with Gasteiger partial charge in [0.05, 0.1) is 24.5 Å². The monoisotopic (exact) mass is 570 g/mol. The second kappa shape index (κ2) is 11.6. The van der Waals surface area contributed by atoms with E-state index in [1.165, 1.54) is 32.9 Å². The molecule has 0 radical (unpaired) electrons. The molecule has 6 nitrogen and oxygen atoms in total. The fraction of sp³-hybridized carbons (Fsp3) is 0.571. The lowest BCUT2D eigenvalue weighted by molar-refractivity contribution is 0.0653. The Kier molecular flexibility index (Phi) is 8.82. The minimum absolute atomic E-state index is 0.00247. The van der Waals surface area contributed by atoms with E-state index < -0.39 is 33.4 Å². The SMILES string of the molecule is CCS(=O)(=O)Nc1ccc2c(c1)[C@@H](c1c(F)cc(NC3CN(CCCF)C3)cc1F)N(CC(C)(C)F)[C@H](C)C2. The molecule has 0 spiro atoms. The molecule has 2 aromatic rings. The molecule has 0 saturated carbocycles. The van der Waals surface area contributed by atoms with Gasteiger partial charge in [0, 0.05) is 49.2 Å². The van der Waals surface area contributed by atoms with Crippen molar-refractivity contribution in [2.75, 3.05) is 48.6 Å². The van der Waals surface area contributed by atoms with Gasteiger partial charge in [0.25, 0.3) is 0 Å². The molecular weight excluding hydrogens is 532 g/mol. The highest BCUT2D eigenvalue weighted by Crippen LogP contribution is 2.42. The van der Waals surface area contributed by atoms with Gasteiger partial charge in [-0.15, -0.1) is 0 Å². The molecule has 2 aromatic carbocycles. The van der Waals surface area contributed by atoms with Gasteiger partial charge < -0.3 is 5.32 Å². The first-order valence-electron chi connectivity index (χ1n) is 13.4. The van der Waals surface area contributed by atoms with E-state index in [0.29, 0.717) is 43.7 Å². The summed E-state index contributed by atoms with van der Waals surface area (Å²) in [6, 6.07) is 6.33. The minimum Gasteiger partial charge on any atom is -0.380 e. The van der Waals surface area contributed by atoms with Crippen LogP contribution in [-0.4, -0.2) is 74.6 Å². The fourth-order valence-corrected chi connectivity index (χ4v) is 6.14. The van der Waals surface area contributed by atoms with Crippen LogP contribution in [0.3, 0.4) is 0 Å². The summed E-state index contributed by atoms with van der Waals surface area (Å²) in [7, 11) is -3.58. The minimum atomic E-state index is -3.58. The van der Waals surface area contributed by atoms with Gasteiger partial charge in [0.2, 0.25) is 10.0 Å². The van der Waals surface area contributed by atoms with Crippen molar-refractivity contribution in [3.8, 4) is 0 Å². The van der Waals surface area contributed by atoms with E-state index in [2.05, 4.69) is 14.9 Å². The number of nitrogens with one attached hydrogen (secondary N) is 2. The van der Waals surface area contributed by atoms with Crippen molar-refractivity contribution in [3.05, 3.63) is 58.7 Å². The molecule has 11 heteroatoms. The van der Waals surface area contributed by atoms with Crippen LogP contribution in [0.25, 0.3) is 0 Å². The molecule has 2 N–H and O–H groups in total. The van der Waals surface area contributed by atoms with Gasteiger partial charge >= 0.3 is 0 Å². The molecule has 0 bridgehead atoms. The van der Waals surface area contributed by atoms with Gasteiger partial charge in [-0.3, -0.25) is 18.9 Å². The molecule has 2 atom stereocenters. The van der Waals surface area contributed by atoms with E-state index in [-0.39, 0.29) is 42.3 Å². The number of halogens is 4. The van der Waals surface area contributed by atoms with Crippen molar-refractivity contribution in [2.45, 2.75) is 64.3 Å². The van der Waals surface area contributed by atoms with Crippen molar-refractivity contribution in [2.24, 2.45) is 0 Å². The smallest absolute Gasteiger partial charge is 0.232 e. The molecule has 0 amide bonds. The lowest BCUT2D eigenvalue weighted by Crippen LogP contribution is -2.54. The van der Waals surface area contributed by atoms with Crippen molar-refractivity contribution in [1.29, 1.82) is 0 Å². The summed E-state index contributed by atoms with van der Waals surface area (Å²) in [5.41, 5.74) is 0.105. The molecule has 216 valence electrons. The molecular formula is C28H38F4N4O2S. The van der Waals surface area contributed by atoms with Crippen molar-refractivity contribution in [3.63, 3.8) is 0 Å². The Balaban J connectivity index is 1.70. The van der Waals surface area contributed by atoms with Gasteiger partial charge in [-0.05, 0) is 75.9 Å². The first-order valence-corrected chi connectivity index (χ1v) is 15.1. The first-order chi connectivity index (χ1) is 18.3. The van der Waals surface area contributed by atoms with Crippen LogP contribution >= 0.6 is 0 Å². The summed E-state index contributed by atoms with van der Waals surface area (Å²) in [4.78, 5) is 3.82. The number of sulfonamides is 1. The summed E-state index contributed by atoms with van der Waals surface area (Å²) < 4.78 is 85.9. The Morgan fingerprint density at radius 1 is 1.08 bits per heavy atom. The first kappa shape index (κ1) is 29.6. The lowest BCUT2D eigenvalue weighted by atomic mass is 9.83. The average Bonchev–Trinajstić information content (AvgIpc) is 2.81. The largest absolute Gasteiger partial charge is 0.380 e. The Morgan fingerprint density at radius 2 is 1.74 bits per heavy atom. The predicted octanol–water partition coefficient (Wildman–Crippen LogP) is 5.27. The van der Waals surface area contributed by atoms with Gasteiger partial charge in [-0.2, -0.15) is 0 Å². The van der Waals surface area contributed by atoms with E-state index >= 15 is 8.78 Å². The van der Waals surface area contributed by atoms with E-state index in [0.717, 1.165) is 5.56 Å². The van der Waals surface area contributed by atoms with E-state index in [1.54, 1.807) is 23.1 Å². The fourth-order valence-electron chi connectivity index (χ4n) is 5.51. The molecule has 1 fully saturated rings. The zero-order valence-corrected chi connectivity index (χ0v) is 23.7. The number of anilines is 2. The van der Waals surface area contributed by atoms with Gasteiger partial charge in [0.1, 0.15) is 17.3 Å². The van der Waals surface area contributed by atoms with Crippen molar-refractivity contribution < 1.29 is 26.0 Å². The van der Waals surface area contributed by atoms with Crippen molar-refractivity contribution >= 4 is 21.4 Å². The summed E-state index contributed by atoms with van der Waals surface area (Å²) in [6.07, 6.45) is 0.978. The molecule has 2 aliphatic heterocycles. The zero-order valence-electron chi connectivity index (χ0n) is 22.9. The van der Waals surface area contributed by atoms with Gasteiger partial charge in [-0.1, -0.05) is 6.07 Å². The molecule has 2 heterocycles. The van der Waals surface area contributed by atoms with Gasteiger partial charge in [0.15, 0.2) is 0 Å². The highest BCUT2D eigenvalue weighted by atomic mass is 32.2. The van der Waals surface area contributed by atoms with Crippen LogP contribution < -0.4 is 10.0 Å². The number of hydrogen-bond acceptors (Lipinski definition) is 5. The molecule has 1 saturated heterocycles. The molecule has 4 rings (SSSR count). The van der Waals surface area contributed by atoms with E-state index in [1.807, 2.05) is 6.92 Å². The molecule has 0 aromatic heterocycles. The molecule has 0 aliphatic carbocycles. The van der Waals surface area contributed by atoms with Crippen LogP contribution in [-0.2, 0) is 16.4 Å². The Labute approximate surface area is 228 Å². The predicted molar refractivity (Wildman–Crippen MR) is 147 cm³/mol. The summed E-state index contributed by atoms with van der Waals surface area (Å²) in [6.45, 7) is 7.78. The van der Waals surface area contributed by atoms with Crippen LogP contribution in [0.2, 0.25) is 0 Å². The Bertz CT molecular complexity index is 1260. The van der Waals surface area contributed by atoms with E-state index in [9.17, 15) is 17.2 Å². The Morgan fingerprint density at radius 3 is 2.33 bits per heavy atom. The quantitative estimate of drug-likeness (QED) is 0.361. The average molecular weight is 571 g/mol. The highest BCUT2D eigenvalue weighted by Gasteiger charge is 2.39. The van der Waals surface area contributed by atoms with Crippen LogP contribution in [0.1, 0.15) is 56.8 Å². The van der Waals surface area contributed by atoms with Crippen LogP contribution in [0, 0.1) is 11.6 Å². The van der Waals surface area contributed by atoms with Crippen molar-refractivity contribution in [1.82, 2.24) is 9.80 Å². The standard InChI is InChI=1S/C28H38F4N4O2S/c1-5-39(37,38)34-20-8-7-19-11-18(2)36(17-28(3,4)32)27(23(19)12-20)26-24(30)13-21(14-25(26)31)33-22-15-35(16-22)10-6-9-29/h7-8,12-14,18,22,27,33-34H,5-6,9-11,15-17H2,1-4H3/t18-,27+/m1/s1. The third kappa shape index (κ3) is 7.05. The highest BCUT2D eigenvalue weighted by molar-refractivity contribution is 7.92. The molecule has 39 heavy (non-hydrogen) atoms. The molecule has 2 aliphatic rings. The number of fused-ring (bicyclic) bond motifs is 1. The maximum absolute atomic E-state index is 15.8. The summed E-state index contributed by atoms with van der Waals surface area (Å²) >= 11 is 0. The number of hydrogen-bond donors (Lipinski definition) is 2. The number of nitrogens with zero attached hydrogens (tertiary/aromatic N) is 2. The van der Waals surface area contributed by atoms with Crippen LogP contribution in [0.5, 0.6) is 0 Å². The number of alkyl halides is 2. The summed E-state index contributed by atoms with van der Waals surface area (Å²) in [5, 5.41) is 3.15. The number of likely N-dealkylation sites (tertiary alicyclic amines) is 1. The second-order valence-corrected chi connectivity index (χ2v) is 13.3. The summed E-state index contributed by atoms with van der Waals surface area (Å²) in [5.74, 6) is -1.66. The number of rotatable bonds is 11. The Hall–Kier alpha value is -2.37. The lowest BCUT2D eigenvalue weighted by Gasteiger charge is -2.44. The topological polar surface area (TPSA) is 64.7 Å². The van der Waals surface area contributed by atoms with E-state index in [4.69, 9.17) is 0 Å². The second-order valence-electron chi connectivity index (χ2n) is 11.3. The zero-order chi connectivity index (χ0) is 28.5. The third-order valence-corrected chi connectivity index (χ3v) is 8.66. The normalized spacial score (nSPS) is 20.9. The maximum Gasteiger partial charge on any atom is 0.232 e.